The summed E-state index contributed by atoms with van der Waals surface area (Å²) in [7, 11) is 3.10. The van der Waals surface area contributed by atoms with Gasteiger partial charge in [-0.25, -0.2) is 4.79 Å². The van der Waals surface area contributed by atoms with Crippen LogP contribution in [0.1, 0.15) is 52.5 Å². The van der Waals surface area contributed by atoms with Crippen LogP contribution in [0.2, 0.25) is 0 Å². The number of ketones is 2. The van der Waals surface area contributed by atoms with Crippen LogP contribution in [0.25, 0.3) is 0 Å². The van der Waals surface area contributed by atoms with Gasteiger partial charge in [-0.05, 0) is 57.0 Å². The van der Waals surface area contributed by atoms with Gasteiger partial charge >= 0.3 is 5.97 Å². The normalized spacial score (nSPS) is 27.1. The highest BCUT2D eigenvalue weighted by Crippen LogP contribution is 2.52. The van der Waals surface area contributed by atoms with Gasteiger partial charge in [-0.1, -0.05) is 13.3 Å². The fourth-order valence-corrected chi connectivity index (χ4v) is 5.83. The van der Waals surface area contributed by atoms with E-state index < -0.39 is 69.8 Å². The lowest BCUT2D eigenvalue weighted by Gasteiger charge is -2.50. The number of rotatable bonds is 6. The quantitative estimate of drug-likeness (QED) is 0.209. The van der Waals surface area contributed by atoms with Crippen molar-refractivity contribution >= 4 is 23.4 Å². The van der Waals surface area contributed by atoms with Crippen molar-refractivity contribution in [3.8, 4) is 5.75 Å². The highest BCUT2D eigenvalue weighted by atomic mass is 16.5. The number of phenols is 1. The van der Waals surface area contributed by atoms with Crippen LogP contribution >= 0.6 is 0 Å². The molecule has 0 heterocycles. The molecular weight excluding hydrogens is 484 g/mol. The number of aliphatic hydroxyl groups is 3. The van der Waals surface area contributed by atoms with Gasteiger partial charge < -0.3 is 30.9 Å². The zero-order valence-corrected chi connectivity index (χ0v) is 20.8. The average Bonchev–Trinajstić information content (AvgIpc) is 2.81. The molecular formula is C26H30N2O9. The van der Waals surface area contributed by atoms with Crippen molar-refractivity contribution in [1.82, 2.24) is 4.90 Å². The third-order valence-corrected chi connectivity index (χ3v) is 7.56. The maximum absolute atomic E-state index is 13.6. The van der Waals surface area contributed by atoms with Crippen molar-refractivity contribution in [2.75, 3.05) is 20.7 Å². The van der Waals surface area contributed by atoms with E-state index in [-0.39, 0.29) is 41.7 Å². The third kappa shape index (κ3) is 3.80. The first-order valence-electron chi connectivity index (χ1n) is 12.0. The number of phenolic OH excluding ortho intramolecular Hbond substituents is 1. The summed E-state index contributed by atoms with van der Waals surface area (Å²) in [5, 5.41) is 44.2. The second kappa shape index (κ2) is 9.31. The summed E-state index contributed by atoms with van der Waals surface area (Å²) in [5.74, 6) is -8.06. The summed E-state index contributed by atoms with van der Waals surface area (Å²) < 4.78 is 5.31. The topological polar surface area (TPSA) is 188 Å². The smallest absolute Gasteiger partial charge is 0.338 e. The Bertz CT molecular complexity index is 1280. The Morgan fingerprint density at radius 2 is 1.86 bits per heavy atom. The number of aliphatic hydroxyl groups excluding tert-OH is 2. The van der Waals surface area contributed by atoms with Crippen molar-refractivity contribution in [2.45, 2.75) is 44.2 Å². The van der Waals surface area contributed by atoms with Gasteiger partial charge in [0.05, 0.1) is 23.8 Å². The van der Waals surface area contributed by atoms with E-state index >= 15 is 0 Å². The Hall–Kier alpha value is -3.70. The number of fused-ring (bicyclic) bond motifs is 3. The van der Waals surface area contributed by atoms with Gasteiger partial charge in [0.25, 0.3) is 5.91 Å². The number of benzene rings is 1. The molecule has 3 aliphatic rings. The molecule has 0 saturated carbocycles. The van der Waals surface area contributed by atoms with Crippen LogP contribution in [0.3, 0.4) is 0 Å². The van der Waals surface area contributed by atoms with Crippen LogP contribution in [-0.2, 0) is 20.7 Å². The van der Waals surface area contributed by atoms with E-state index in [9.17, 15) is 39.6 Å². The Balaban J connectivity index is 1.88. The number of nitrogens with two attached hydrogens (primary N) is 1. The number of hydrogen-bond acceptors (Lipinski definition) is 10. The fraction of sp³-hybridized carbons (Fsp3) is 0.462. The molecule has 0 aliphatic heterocycles. The first-order chi connectivity index (χ1) is 17.4. The van der Waals surface area contributed by atoms with Gasteiger partial charge in [-0.3, -0.25) is 19.3 Å². The van der Waals surface area contributed by atoms with Gasteiger partial charge in [-0.15, -0.1) is 0 Å². The van der Waals surface area contributed by atoms with E-state index in [1.54, 1.807) is 14.1 Å². The molecule has 0 bridgehead atoms. The van der Waals surface area contributed by atoms with Gasteiger partial charge in [-0.2, -0.15) is 0 Å². The molecule has 4 atom stereocenters. The number of aromatic hydroxyl groups is 1. The molecule has 37 heavy (non-hydrogen) atoms. The predicted octanol–water partition coefficient (Wildman–Crippen LogP) is 1.08. The lowest BCUT2D eigenvalue weighted by Crippen LogP contribution is -2.63. The van der Waals surface area contributed by atoms with Gasteiger partial charge in [0.1, 0.15) is 22.8 Å². The van der Waals surface area contributed by atoms with Crippen molar-refractivity contribution in [3.05, 3.63) is 51.5 Å². The minimum Gasteiger partial charge on any atom is -0.510 e. The molecule has 6 N–H and O–H groups in total. The first kappa shape index (κ1) is 26.4. The second-order valence-corrected chi connectivity index (χ2v) is 9.94. The number of hydrogen-bond donors (Lipinski definition) is 5. The molecule has 1 unspecified atom stereocenters. The molecule has 11 nitrogen and oxygen atoms in total. The predicted molar refractivity (Wildman–Crippen MR) is 129 cm³/mol. The van der Waals surface area contributed by atoms with E-state index in [0.717, 1.165) is 6.42 Å². The number of carbonyl (C=O) groups is 4. The minimum atomic E-state index is -2.71. The molecule has 0 saturated heterocycles. The number of nitrogens with zero attached hydrogens (tertiary/aromatic N) is 1. The monoisotopic (exact) mass is 514 g/mol. The molecule has 0 spiro atoms. The summed E-state index contributed by atoms with van der Waals surface area (Å²) in [4.78, 5) is 53.2. The SMILES string of the molecule is CCCCOC(=O)c1ccc(O)c2c1C[C@H]1C[C@H]3C(N(C)C)C(O)=C(C(N)=O)C(=O)[C@@]3(O)C(O)=C1C2=O. The number of unbranched alkanes of at least 4 members (excludes halogenated alkanes) is 1. The van der Waals surface area contributed by atoms with E-state index in [1.165, 1.54) is 17.0 Å². The number of amides is 1. The van der Waals surface area contributed by atoms with E-state index in [1.807, 2.05) is 6.92 Å². The third-order valence-electron chi connectivity index (χ3n) is 7.56. The molecule has 1 aromatic carbocycles. The van der Waals surface area contributed by atoms with Crippen LogP contribution in [0.5, 0.6) is 5.75 Å². The van der Waals surface area contributed by atoms with Crippen LogP contribution in [0.15, 0.2) is 34.8 Å². The van der Waals surface area contributed by atoms with E-state index in [0.29, 0.717) is 6.42 Å². The Labute approximate surface area is 212 Å². The number of esters is 1. The molecule has 0 aromatic heterocycles. The number of carbonyl (C=O) groups excluding carboxylic acids is 4. The molecule has 1 amide bonds. The van der Waals surface area contributed by atoms with E-state index in [2.05, 4.69) is 0 Å². The summed E-state index contributed by atoms with van der Waals surface area (Å²) in [5.41, 5.74) is 1.56. The Morgan fingerprint density at radius 3 is 2.46 bits per heavy atom. The maximum atomic E-state index is 13.6. The standard InChI is InChI=1S/C26H30N2O9/c1-4-5-8-37-25(35)12-6-7-15(29)17-13(12)9-11-10-14-19(28(2)3)21(31)18(24(27)34)23(33)26(14,36)22(32)16(11)20(17)30/h6-7,11,14,19,29,31-32,36H,4-5,8-10H2,1-3H3,(H2,27,34)/t11-,14-,19?,26-/m0/s1. The number of ether oxygens (including phenoxy) is 1. The maximum Gasteiger partial charge on any atom is 0.338 e. The van der Waals surface area contributed by atoms with Crippen LogP contribution in [0, 0.1) is 11.8 Å². The van der Waals surface area contributed by atoms with Gasteiger partial charge in [0, 0.05) is 11.5 Å². The Morgan fingerprint density at radius 1 is 1.19 bits per heavy atom. The lowest BCUT2D eigenvalue weighted by atomic mass is 9.58. The van der Waals surface area contributed by atoms with Crippen molar-refractivity contribution in [1.29, 1.82) is 0 Å². The lowest BCUT2D eigenvalue weighted by molar-refractivity contribution is -0.148. The number of allylic oxidation sites excluding steroid dienone is 1. The van der Waals surface area contributed by atoms with E-state index in [4.69, 9.17) is 10.5 Å². The first-order valence-corrected chi connectivity index (χ1v) is 12.0. The fourth-order valence-electron chi connectivity index (χ4n) is 5.83. The molecule has 198 valence electrons. The average molecular weight is 515 g/mol. The van der Waals surface area contributed by atoms with Crippen LogP contribution < -0.4 is 5.73 Å². The number of primary amides is 1. The molecule has 4 rings (SSSR count). The highest BCUT2D eigenvalue weighted by molar-refractivity contribution is 6.25. The van der Waals surface area contributed by atoms with Crippen molar-refractivity contribution in [2.24, 2.45) is 17.6 Å². The summed E-state index contributed by atoms with van der Waals surface area (Å²) in [6.07, 6.45) is 1.41. The largest absolute Gasteiger partial charge is 0.510 e. The molecule has 0 fully saturated rings. The van der Waals surface area contributed by atoms with Crippen LogP contribution in [-0.4, -0.2) is 81.1 Å². The summed E-state index contributed by atoms with van der Waals surface area (Å²) in [6.45, 7) is 2.12. The second-order valence-electron chi connectivity index (χ2n) is 9.94. The molecule has 0 radical (unpaired) electrons. The molecule has 1 aromatic rings. The molecule has 3 aliphatic carbocycles. The highest BCUT2D eigenvalue weighted by Gasteiger charge is 2.63. The minimum absolute atomic E-state index is 0.0150. The summed E-state index contributed by atoms with van der Waals surface area (Å²) >= 11 is 0. The zero-order valence-electron chi connectivity index (χ0n) is 20.8. The summed E-state index contributed by atoms with van der Waals surface area (Å²) in [6, 6.07) is 1.45. The number of likely N-dealkylation sites (N-methyl/N-ethyl adjacent to an activating group) is 1. The van der Waals surface area contributed by atoms with Gasteiger partial charge in [0.15, 0.2) is 11.4 Å². The molecule has 11 heteroatoms. The van der Waals surface area contributed by atoms with Crippen LogP contribution in [0.4, 0.5) is 0 Å². The van der Waals surface area contributed by atoms with Gasteiger partial charge in [0.2, 0.25) is 5.78 Å². The van der Waals surface area contributed by atoms with Crippen molar-refractivity contribution < 1.29 is 44.3 Å². The Kier molecular flexibility index (Phi) is 6.63. The zero-order chi connectivity index (χ0) is 27.4. The number of Topliss-reactive ketones (excluding diaryl/α,β-unsaturated/α-hetero) is 2. The van der Waals surface area contributed by atoms with Crippen molar-refractivity contribution in [3.63, 3.8) is 0 Å².